The van der Waals surface area contributed by atoms with Crippen LogP contribution in [0.1, 0.15) is 66.2 Å². The number of fused-ring (bicyclic) bond motifs is 2. The fourth-order valence-electron chi connectivity index (χ4n) is 3.86. The van der Waals surface area contributed by atoms with Crippen molar-refractivity contribution in [3.8, 4) is 0 Å². The van der Waals surface area contributed by atoms with Gasteiger partial charge in [0.1, 0.15) is 5.82 Å². The third kappa shape index (κ3) is 4.02. The Bertz CT molecular complexity index is 1230. The zero-order valence-electron chi connectivity index (χ0n) is 18.3. The molecule has 0 amide bonds. The highest BCUT2D eigenvalue weighted by molar-refractivity contribution is 6.02. The van der Waals surface area contributed by atoms with E-state index in [0.29, 0.717) is 23.0 Å². The van der Waals surface area contributed by atoms with Gasteiger partial charge >= 0.3 is 5.97 Å². The number of Topliss-reactive ketones (excluding diaryl/α,β-unsaturated/α-hetero) is 1. The zero-order valence-corrected chi connectivity index (χ0v) is 18.3. The second-order valence-electron chi connectivity index (χ2n) is 9.06. The molecule has 0 saturated heterocycles. The van der Waals surface area contributed by atoms with E-state index in [2.05, 4.69) is 25.8 Å². The first-order valence-electron chi connectivity index (χ1n) is 10.5. The lowest BCUT2D eigenvalue weighted by molar-refractivity contribution is 0.0319. The number of hydrogen-bond acceptors (Lipinski definition) is 5. The second kappa shape index (κ2) is 7.76. The van der Waals surface area contributed by atoms with Crippen LogP contribution >= 0.6 is 0 Å². The van der Waals surface area contributed by atoms with E-state index in [1.807, 2.05) is 12.1 Å². The number of rotatable bonds is 4. The molecule has 6 heteroatoms. The van der Waals surface area contributed by atoms with Crippen LogP contribution in [0.25, 0.3) is 10.9 Å². The molecule has 160 valence electrons. The van der Waals surface area contributed by atoms with E-state index >= 15 is 0 Å². The number of ether oxygens (including phenoxy) is 1. The molecule has 0 spiro atoms. The highest BCUT2D eigenvalue weighted by Gasteiger charge is 2.23. The Morgan fingerprint density at radius 2 is 1.74 bits per heavy atom. The molecule has 0 saturated carbocycles. The number of carbonyl (C=O) groups is 2. The van der Waals surface area contributed by atoms with Gasteiger partial charge in [-0.05, 0) is 42.5 Å². The molecule has 2 heterocycles. The number of esters is 1. The summed E-state index contributed by atoms with van der Waals surface area (Å²) in [4.78, 5) is 42.5. The molecule has 0 bridgehead atoms. The van der Waals surface area contributed by atoms with Gasteiger partial charge in [-0.3, -0.25) is 14.2 Å². The predicted octanol–water partition coefficient (Wildman–Crippen LogP) is 4.07. The molecule has 0 N–H and O–H groups in total. The van der Waals surface area contributed by atoms with E-state index in [1.54, 1.807) is 41.8 Å². The first-order chi connectivity index (χ1) is 14.6. The summed E-state index contributed by atoms with van der Waals surface area (Å²) in [6.07, 6.45) is 0.714. The zero-order chi connectivity index (χ0) is 22.3. The first kappa shape index (κ1) is 21.0. The number of ketones is 1. The Kier molecular flexibility index (Phi) is 5.25. The number of carbonyl (C=O) groups excluding carboxylic acids is 2. The van der Waals surface area contributed by atoms with Gasteiger partial charge in [0.05, 0.1) is 16.5 Å². The number of benzene rings is 2. The summed E-state index contributed by atoms with van der Waals surface area (Å²) in [5, 5.41) is 0.477. The maximum Gasteiger partial charge on any atom is 0.338 e. The highest BCUT2D eigenvalue weighted by atomic mass is 16.5. The Morgan fingerprint density at radius 3 is 2.42 bits per heavy atom. The smallest absolute Gasteiger partial charge is 0.338 e. The van der Waals surface area contributed by atoms with Crippen LogP contribution in [0.3, 0.4) is 0 Å². The molecular formula is C25H26N2O4. The lowest BCUT2D eigenvalue weighted by Crippen LogP contribution is -2.25. The fraction of sp³-hybridized carbons (Fsp3) is 0.360. The van der Waals surface area contributed by atoms with Gasteiger partial charge in [-0.15, -0.1) is 0 Å². The van der Waals surface area contributed by atoms with Crippen molar-refractivity contribution in [3.63, 3.8) is 0 Å². The topological polar surface area (TPSA) is 78.3 Å². The minimum atomic E-state index is -0.928. The molecule has 0 fully saturated rings. The average molecular weight is 418 g/mol. The minimum Gasteiger partial charge on any atom is -0.451 e. The van der Waals surface area contributed by atoms with Crippen molar-refractivity contribution in [1.29, 1.82) is 0 Å². The Labute approximate surface area is 180 Å². The monoisotopic (exact) mass is 418 g/mol. The molecule has 4 rings (SSSR count). The first-order valence-corrected chi connectivity index (χ1v) is 10.5. The summed E-state index contributed by atoms with van der Waals surface area (Å²) in [7, 11) is 0. The third-order valence-electron chi connectivity index (χ3n) is 5.74. The third-order valence-corrected chi connectivity index (χ3v) is 5.74. The van der Waals surface area contributed by atoms with E-state index in [9.17, 15) is 14.4 Å². The van der Waals surface area contributed by atoms with Crippen LogP contribution in [0.4, 0.5) is 0 Å². The average Bonchev–Trinajstić information content (AvgIpc) is 3.21. The van der Waals surface area contributed by atoms with Crippen LogP contribution in [0.15, 0.2) is 47.3 Å². The predicted molar refractivity (Wildman–Crippen MR) is 119 cm³/mol. The molecule has 0 unspecified atom stereocenters. The lowest BCUT2D eigenvalue weighted by Gasteiger charge is -2.19. The van der Waals surface area contributed by atoms with Crippen molar-refractivity contribution in [2.24, 2.45) is 0 Å². The summed E-state index contributed by atoms with van der Waals surface area (Å²) < 4.78 is 7.11. The van der Waals surface area contributed by atoms with Gasteiger partial charge in [0.2, 0.25) is 5.78 Å². The van der Waals surface area contributed by atoms with Crippen molar-refractivity contribution in [2.75, 3.05) is 0 Å². The van der Waals surface area contributed by atoms with Crippen LogP contribution in [-0.4, -0.2) is 27.4 Å². The SMILES string of the molecule is C[C@@H](OC(=O)c1ccc2c(=O)n3c(nc2c1)CCC3)C(=O)c1ccc(C(C)(C)C)cc1. The van der Waals surface area contributed by atoms with Crippen molar-refractivity contribution < 1.29 is 14.3 Å². The van der Waals surface area contributed by atoms with Gasteiger partial charge in [-0.2, -0.15) is 0 Å². The van der Waals surface area contributed by atoms with Crippen molar-refractivity contribution in [1.82, 2.24) is 9.55 Å². The number of hydrogen-bond donors (Lipinski definition) is 0. The van der Waals surface area contributed by atoms with Crippen molar-refractivity contribution >= 4 is 22.7 Å². The van der Waals surface area contributed by atoms with Gasteiger partial charge in [-0.1, -0.05) is 45.0 Å². The van der Waals surface area contributed by atoms with Crippen LogP contribution in [0.5, 0.6) is 0 Å². The Morgan fingerprint density at radius 1 is 1.06 bits per heavy atom. The molecule has 3 aromatic rings. The highest BCUT2D eigenvalue weighted by Crippen LogP contribution is 2.23. The van der Waals surface area contributed by atoms with Crippen LogP contribution < -0.4 is 5.56 Å². The Hall–Kier alpha value is -3.28. The largest absolute Gasteiger partial charge is 0.451 e. The maximum atomic E-state index is 12.7. The van der Waals surface area contributed by atoms with Crippen molar-refractivity contribution in [3.05, 3.63) is 75.3 Å². The molecule has 1 aliphatic rings. The van der Waals surface area contributed by atoms with Gasteiger partial charge in [0.15, 0.2) is 6.10 Å². The summed E-state index contributed by atoms with van der Waals surface area (Å²) in [5.74, 6) is -0.134. The van der Waals surface area contributed by atoms with E-state index in [-0.39, 0.29) is 22.3 Å². The summed E-state index contributed by atoms with van der Waals surface area (Å²) >= 11 is 0. The number of aryl methyl sites for hydroxylation is 1. The summed E-state index contributed by atoms with van der Waals surface area (Å²) in [5.41, 5.74) is 2.28. The van der Waals surface area contributed by atoms with E-state index < -0.39 is 12.1 Å². The van der Waals surface area contributed by atoms with E-state index in [0.717, 1.165) is 24.2 Å². The molecule has 0 aliphatic carbocycles. The molecular weight excluding hydrogens is 392 g/mol. The molecule has 1 atom stereocenters. The van der Waals surface area contributed by atoms with Gasteiger partial charge in [-0.25, -0.2) is 9.78 Å². The quantitative estimate of drug-likeness (QED) is 0.471. The molecule has 1 aliphatic heterocycles. The van der Waals surface area contributed by atoms with Crippen LogP contribution in [0.2, 0.25) is 0 Å². The van der Waals surface area contributed by atoms with Gasteiger partial charge in [0, 0.05) is 18.5 Å². The van der Waals surface area contributed by atoms with Crippen molar-refractivity contribution in [2.45, 2.75) is 58.6 Å². The standard InChI is InChI=1S/C25H26N2O4/c1-15(22(28)16-7-10-18(11-8-16)25(2,3)4)31-24(30)17-9-12-19-20(14-17)26-21-6-5-13-27(21)23(19)29/h7-12,14-15H,5-6,13H2,1-4H3/t15-/m1/s1. The molecule has 6 nitrogen and oxygen atoms in total. The second-order valence-corrected chi connectivity index (χ2v) is 9.06. The van der Waals surface area contributed by atoms with Crippen LogP contribution in [0, 0.1) is 0 Å². The van der Waals surface area contributed by atoms with Crippen LogP contribution in [-0.2, 0) is 23.1 Å². The Balaban J connectivity index is 1.52. The van der Waals surface area contributed by atoms with Gasteiger partial charge in [0.25, 0.3) is 5.56 Å². The van der Waals surface area contributed by atoms with Gasteiger partial charge < -0.3 is 4.74 Å². The maximum absolute atomic E-state index is 12.7. The lowest BCUT2D eigenvalue weighted by atomic mass is 9.86. The molecule has 2 aromatic carbocycles. The number of aromatic nitrogens is 2. The molecule has 31 heavy (non-hydrogen) atoms. The fourth-order valence-corrected chi connectivity index (χ4v) is 3.86. The van der Waals surface area contributed by atoms with E-state index in [1.165, 1.54) is 0 Å². The molecule has 1 aromatic heterocycles. The van der Waals surface area contributed by atoms with E-state index in [4.69, 9.17) is 4.74 Å². The minimum absolute atomic E-state index is 0.00758. The summed E-state index contributed by atoms with van der Waals surface area (Å²) in [6, 6.07) is 12.1. The molecule has 0 radical (unpaired) electrons. The normalized spacial score (nSPS) is 14.3. The summed E-state index contributed by atoms with van der Waals surface area (Å²) in [6.45, 7) is 8.56. The number of nitrogens with zero attached hydrogens (tertiary/aromatic N) is 2.